The van der Waals surface area contributed by atoms with Crippen LogP contribution in [0.4, 0.5) is 4.39 Å². The normalized spacial score (nSPS) is 18.0. The van der Waals surface area contributed by atoms with E-state index in [1.165, 1.54) is 12.1 Å². The van der Waals surface area contributed by atoms with Gasteiger partial charge in [0, 0.05) is 32.1 Å². The molecule has 0 atom stereocenters. The van der Waals surface area contributed by atoms with Crippen molar-refractivity contribution in [1.82, 2.24) is 14.8 Å². The second-order valence-corrected chi connectivity index (χ2v) is 7.96. The fourth-order valence-corrected chi connectivity index (χ4v) is 4.12. The Morgan fingerprint density at radius 1 is 1.10 bits per heavy atom. The third kappa shape index (κ3) is 4.20. The molecule has 0 bridgehead atoms. The van der Waals surface area contributed by atoms with Crippen LogP contribution in [0.15, 0.2) is 22.6 Å². The van der Waals surface area contributed by atoms with E-state index < -0.39 is 5.82 Å². The first-order chi connectivity index (χ1) is 14.4. The molecular formula is C21H23ClFN3O4. The molecule has 0 spiro atoms. The molecule has 0 N–H and O–H groups in total. The van der Waals surface area contributed by atoms with E-state index in [-0.39, 0.29) is 22.8 Å². The summed E-state index contributed by atoms with van der Waals surface area (Å²) < 4.78 is 24.4. The zero-order chi connectivity index (χ0) is 21.3. The molecule has 30 heavy (non-hydrogen) atoms. The summed E-state index contributed by atoms with van der Waals surface area (Å²) in [6.07, 6.45) is 1.32. The smallest absolute Gasteiger partial charge is 0.276 e. The summed E-state index contributed by atoms with van der Waals surface area (Å²) in [4.78, 5) is 33.4. The van der Waals surface area contributed by atoms with E-state index in [0.29, 0.717) is 75.1 Å². The highest BCUT2D eigenvalue weighted by molar-refractivity contribution is 6.33. The van der Waals surface area contributed by atoms with Gasteiger partial charge in [-0.15, -0.1) is 0 Å². The summed E-state index contributed by atoms with van der Waals surface area (Å²) in [6.45, 7) is 4.91. The third-order valence-corrected chi connectivity index (χ3v) is 5.92. The van der Waals surface area contributed by atoms with E-state index in [2.05, 4.69) is 4.98 Å². The van der Waals surface area contributed by atoms with E-state index in [9.17, 15) is 14.0 Å². The topological polar surface area (TPSA) is 75.9 Å². The van der Waals surface area contributed by atoms with Crippen LogP contribution in [0.1, 0.15) is 51.3 Å². The Bertz CT molecular complexity index is 950. The number of nitrogens with zero attached hydrogens (tertiary/aromatic N) is 3. The Kier molecular flexibility index (Phi) is 6.06. The van der Waals surface area contributed by atoms with E-state index in [1.54, 1.807) is 16.7 Å². The number of hydrogen-bond donors (Lipinski definition) is 0. The molecule has 0 unspecified atom stereocenters. The van der Waals surface area contributed by atoms with Crippen molar-refractivity contribution in [1.29, 1.82) is 0 Å². The minimum atomic E-state index is -0.475. The van der Waals surface area contributed by atoms with Crippen LogP contribution in [0.2, 0.25) is 5.02 Å². The Morgan fingerprint density at radius 2 is 1.77 bits per heavy atom. The third-order valence-electron chi connectivity index (χ3n) is 5.61. The summed E-state index contributed by atoms with van der Waals surface area (Å²) in [5.74, 6) is 0.253. The first-order valence-corrected chi connectivity index (χ1v) is 10.4. The quantitative estimate of drug-likeness (QED) is 0.739. The number of amides is 2. The number of ether oxygens (including phenoxy) is 1. The van der Waals surface area contributed by atoms with Gasteiger partial charge < -0.3 is 19.0 Å². The van der Waals surface area contributed by atoms with Gasteiger partial charge in [0.1, 0.15) is 11.6 Å². The Labute approximate surface area is 178 Å². The highest BCUT2D eigenvalue weighted by atomic mass is 35.5. The number of carbonyl (C=O) groups is 2. The summed E-state index contributed by atoms with van der Waals surface area (Å²) in [6, 6.07) is 3.78. The van der Waals surface area contributed by atoms with Crippen LogP contribution in [0, 0.1) is 12.7 Å². The van der Waals surface area contributed by atoms with Gasteiger partial charge in [-0.2, -0.15) is 0 Å². The fraction of sp³-hybridized carbons (Fsp3) is 0.476. The summed E-state index contributed by atoms with van der Waals surface area (Å²) in [7, 11) is 0. The summed E-state index contributed by atoms with van der Waals surface area (Å²) in [5.41, 5.74) is 0.644. The zero-order valence-corrected chi connectivity index (χ0v) is 17.5. The number of aryl methyl sites for hydroxylation is 1. The first-order valence-electron chi connectivity index (χ1n) is 10.0. The van der Waals surface area contributed by atoms with Gasteiger partial charge in [-0.1, -0.05) is 11.6 Å². The fourth-order valence-electron chi connectivity index (χ4n) is 3.87. The molecule has 9 heteroatoms. The molecule has 1 aromatic carbocycles. The number of aromatic nitrogens is 1. The Morgan fingerprint density at radius 3 is 2.43 bits per heavy atom. The standard InChI is InChI=1S/C21H23ClFN3O4/c1-13-18(21(28)26-8-10-29-11-9-26)24-19(30-13)14-4-6-25(7-5-14)20(27)16-3-2-15(23)12-17(16)22/h2-3,12,14H,4-11H2,1H3. The molecular weight excluding hydrogens is 413 g/mol. The van der Waals surface area contributed by atoms with Crippen molar-refractivity contribution in [3.8, 4) is 0 Å². The zero-order valence-electron chi connectivity index (χ0n) is 16.7. The Balaban J connectivity index is 1.40. The highest BCUT2D eigenvalue weighted by Gasteiger charge is 2.31. The lowest BCUT2D eigenvalue weighted by Crippen LogP contribution is -2.41. The number of halogens is 2. The molecule has 0 saturated carbocycles. The van der Waals surface area contributed by atoms with Crippen molar-refractivity contribution < 1.29 is 23.1 Å². The van der Waals surface area contributed by atoms with Crippen molar-refractivity contribution >= 4 is 23.4 Å². The minimum Gasteiger partial charge on any atom is -0.445 e. The molecule has 2 aliphatic rings. The molecule has 1 aromatic heterocycles. The maximum atomic E-state index is 13.2. The summed E-state index contributed by atoms with van der Waals surface area (Å²) >= 11 is 6.03. The Hall–Kier alpha value is -2.45. The van der Waals surface area contributed by atoms with E-state index in [1.807, 2.05) is 0 Å². The van der Waals surface area contributed by atoms with Crippen molar-refractivity contribution in [3.63, 3.8) is 0 Å². The van der Waals surface area contributed by atoms with Crippen LogP contribution >= 0.6 is 11.6 Å². The second-order valence-electron chi connectivity index (χ2n) is 7.55. The van der Waals surface area contributed by atoms with Gasteiger partial charge in [0.2, 0.25) is 0 Å². The predicted molar refractivity (Wildman–Crippen MR) is 107 cm³/mol. The van der Waals surface area contributed by atoms with Crippen LogP contribution in [-0.4, -0.2) is 66.0 Å². The number of likely N-dealkylation sites (tertiary alicyclic amines) is 1. The molecule has 3 heterocycles. The van der Waals surface area contributed by atoms with Crippen molar-refractivity contribution in [2.45, 2.75) is 25.7 Å². The first kappa shape index (κ1) is 20.8. The lowest BCUT2D eigenvalue weighted by molar-refractivity contribution is 0.0298. The number of oxazole rings is 1. The maximum Gasteiger partial charge on any atom is 0.276 e. The second kappa shape index (κ2) is 8.73. The molecule has 2 fully saturated rings. The van der Waals surface area contributed by atoms with E-state index >= 15 is 0 Å². The summed E-state index contributed by atoms with van der Waals surface area (Å²) in [5, 5.41) is 0.108. The van der Waals surface area contributed by atoms with Crippen molar-refractivity contribution in [3.05, 3.63) is 51.9 Å². The highest BCUT2D eigenvalue weighted by Crippen LogP contribution is 2.30. The van der Waals surface area contributed by atoms with Gasteiger partial charge in [-0.05, 0) is 38.0 Å². The molecule has 2 aromatic rings. The monoisotopic (exact) mass is 435 g/mol. The molecule has 160 valence electrons. The lowest BCUT2D eigenvalue weighted by atomic mass is 9.96. The number of rotatable bonds is 3. The van der Waals surface area contributed by atoms with Crippen LogP contribution in [0.3, 0.4) is 0 Å². The lowest BCUT2D eigenvalue weighted by Gasteiger charge is -2.31. The number of benzene rings is 1. The van der Waals surface area contributed by atoms with Gasteiger partial charge >= 0.3 is 0 Å². The van der Waals surface area contributed by atoms with Crippen LogP contribution in [0.25, 0.3) is 0 Å². The van der Waals surface area contributed by atoms with Gasteiger partial charge in [-0.25, -0.2) is 9.37 Å². The van der Waals surface area contributed by atoms with E-state index in [4.69, 9.17) is 20.8 Å². The van der Waals surface area contributed by atoms with Crippen LogP contribution in [0.5, 0.6) is 0 Å². The molecule has 4 rings (SSSR count). The molecule has 2 saturated heterocycles. The van der Waals surface area contributed by atoms with Gasteiger partial charge in [0.15, 0.2) is 11.6 Å². The number of piperidine rings is 1. The average molecular weight is 436 g/mol. The predicted octanol–water partition coefficient (Wildman–Crippen LogP) is 3.27. The minimum absolute atomic E-state index is 0.0303. The molecule has 0 radical (unpaired) electrons. The van der Waals surface area contributed by atoms with Crippen molar-refractivity contribution in [2.24, 2.45) is 0 Å². The molecule has 0 aliphatic carbocycles. The molecule has 7 nitrogen and oxygen atoms in total. The van der Waals surface area contributed by atoms with Gasteiger partial charge in [-0.3, -0.25) is 9.59 Å². The van der Waals surface area contributed by atoms with E-state index in [0.717, 1.165) is 6.07 Å². The average Bonchev–Trinajstić information content (AvgIpc) is 3.15. The van der Waals surface area contributed by atoms with Crippen molar-refractivity contribution in [2.75, 3.05) is 39.4 Å². The molecule has 2 amide bonds. The van der Waals surface area contributed by atoms with Gasteiger partial charge in [0.05, 0.1) is 23.8 Å². The maximum absolute atomic E-state index is 13.2. The number of morpholine rings is 1. The van der Waals surface area contributed by atoms with Crippen LogP contribution in [-0.2, 0) is 4.74 Å². The largest absolute Gasteiger partial charge is 0.445 e. The number of hydrogen-bond acceptors (Lipinski definition) is 5. The number of carbonyl (C=O) groups excluding carboxylic acids is 2. The van der Waals surface area contributed by atoms with Crippen LogP contribution < -0.4 is 0 Å². The molecule has 2 aliphatic heterocycles. The van der Waals surface area contributed by atoms with Gasteiger partial charge in [0.25, 0.3) is 11.8 Å². The SMILES string of the molecule is Cc1oc(C2CCN(C(=O)c3ccc(F)cc3Cl)CC2)nc1C(=O)N1CCOCC1.